The van der Waals surface area contributed by atoms with Crippen LogP contribution in [0.4, 0.5) is 5.69 Å². The van der Waals surface area contributed by atoms with Crippen molar-refractivity contribution >= 4 is 11.6 Å². The van der Waals surface area contributed by atoms with Crippen molar-refractivity contribution in [1.82, 2.24) is 5.32 Å². The van der Waals surface area contributed by atoms with Gasteiger partial charge in [-0.3, -0.25) is 4.79 Å². The minimum atomic E-state index is -0.169. The summed E-state index contributed by atoms with van der Waals surface area (Å²) in [6.45, 7) is 0.691. The van der Waals surface area contributed by atoms with Crippen LogP contribution in [-0.4, -0.2) is 31.3 Å². The molecule has 0 bridgehead atoms. The molecule has 0 aromatic heterocycles. The van der Waals surface area contributed by atoms with E-state index >= 15 is 0 Å². The predicted molar refractivity (Wildman–Crippen MR) is 66.1 cm³/mol. The number of aliphatic hydroxyl groups is 1. The van der Waals surface area contributed by atoms with Crippen LogP contribution in [0.15, 0.2) is 18.2 Å². The molecule has 5 heteroatoms. The fourth-order valence-electron chi connectivity index (χ4n) is 1.42. The molecule has 0 saturated carbocycles. The van der Waals surface area contributed by atoms with Crippen LogP contribution in [0.5, 0.6) is 5.75 Å². The maximum atomic E-state index is 11.7. The van der Waals surface area contributed by atoms with Gasteiger partial charge in [-0.2, -0.15) is 0 Å². The van der Waals surface area contributed by atoms with E-state index in [2.05, 4.69) is 5.32 Å². The lowest BCUT2D eigenvalue weighted by Crippen LogP contribution is -2.24. The summed E-state index contributed by atoms with van der Waals surface area (Å²) < 4.78 is 5.01. The van der Waals surface area contributed by atoms with E-state index in [-0.39, 0.29) is 12.5 Å². The number of nitrogens with one attached hydrogen (secondary N) is 1. The Bertz CT molecular complexity index is 380. The Kier molecular flexibility index (Phi) is 5.29. The number of amides is 1. The van der Waals surface area contributed by atoms with E-state index in [0.717, 1.165) is 6.42 Å². The number of rotatable bonds is 6. The van der Waals surface area contributed by atoms with E-state index in [4.69, 9.17) is 15.6 Å². The highest BCUT2D eigenvalue weighted by Crippen LogP contribution is 2.21. The fourth-order valence-corrected chi connectivity index (χ4v) is 1.42. The maximum absolute atomic E-state index is 11.7. The summed E-state index contributed by atoms with van der Waals surface area (Å²) in [4.78, 5) is 11.7. The summed E-state index contributed by atoms with van der Waals surface area (Å²) in [5.74, 6) is 0.388. The molecular weight excluding hydrogens is 220 g/mol. The Hall–Kier alpha value is -1.75. The Balaban J connectivity index is 2.54. The lowest BCUT2D eigenvalue weighted by molar-refractivity contribution is 0.0952. The van der Waals surface area contributed by atoms with Crippen LogP contribution >= 0.6 is 0 Å². The average molecular weight is 238 g/mol. The molecule has 1 aromatic carbocycles. The second-order valence-electron chi connectivity index (χ2n) is 3.64. The molecule has 1 aromatic rings. The predicted octanol–water partition coefficient (Wildman–Crippen LogP) is 0.780. The first-order chi connectivity index (χ1) is 8.19. The number of hydrogen-bond acceptors (Lipinski definition) is 4. The van der Waals surface area contributed by atoms with Gasteiger partial charge in [0, 0.05) is 18.7 Å². The molecule has 0 radical (unpaired) electrons. The number of benzene rings is 1. The second-order valence-corrected chi connectivity index (χ2v) is 3.64. The van der Waals surface area contributed by atoms with E-state index < -0.39 is 0 Å². The Morgan fingerprint density at radius 2 is 2.24 bits per heavy atom. The Morgan fingerprint density at radius 3 is 2.82 bits per heavy atom. The normalized spacial score (nSPS) is 10.0. The zero-order chi connectivity index (χ0) is 12.7. The van der Waals surface area contributed by atoms with Crippen molar-refractivity contribution in [1.29, 1.82) is 0 Å². The number of aliphatic hydroxyl groups excluding tert-OH is 1. The van der Waals surface area contributed by atoms with Crippen molar-refractivity contribution in [3.63, 3.8) is 0 Å². The third-order valence-electron chi connectivity index (χ3n) is 2.36. The topological polar surface area (TPSA) is 84.6 Å². The zero-order valence-electron chi connectivity index (χ0n) is 9.90. The first-order valence-electron chi connectivity index (χ1n) is 5.51. The number of carbonyl (C=O) groups is 1. The molecule has 0 heterocycles. The van der Waals surface area contributed by atoms with Gasteiger partial charge in [-0.05, 0) is 31.0 Å². The number of nitrogen functional groups attached to an aromatic ring is 1. The molecule has 1 amide bonds. The van der Waals surface area contributed by atoms with Gasteiger partial charge in [-0.25, -0.2) is 0 Å². The van der Waals surface area contributed by atoms with Crippen molar-refractivity contribution in [3.8, 4) is 5.75 Å². The number of unbranched alkanes of at least 4 members (excludes halogenated alkanes) is 1. The third-order valence-corrected chi connectivity index (χ3v) is 2.36. The van der Waals surface area contributed by atoms with Gasteiger partial charge in [-0.15, -0.1) is 0 Å². The van der Waals surface area contributed by atoms with Crippen molar-refractivity contribution in [2.24, 2.45) is 0 Å². The number of hydrogen-bond donors (Lipinski definition) is 3. The molecule has 0 aliphatic carbocycles. The summed E-state index contributed by atoms with van der Waals surface area (Å²) in [5, 5.41) is 11.4. The summed E-state index contributed by atoms with van der Waals surface area (Å²) >= 11 is 0. The summed E-state index contributed by atoms with van der Waals surface area (Å²) in [7, 11) is 1.53. The van der Waals surface area contributed by atoms with Crippen LogP contribution in [0, 0.1) is 0 Å². The number of anilines is 1. The Morgan fingerprint density at radius 1 is 1.47 bits per heavy atom. The van der Waals surface area contributed by atoms with E-state index in [9.17, 15) is 4.79 Å². The molecule has 0 atom stereocenters. The standard InChI is InChI=1S/C12H18N2O3/c1-17-11-5-4-9(8-10(11)13)12(16)14-6-2-3-7-15/h4-5,8,15H,2-3,6-7,13H2,1H3,(H,14,16). The molecule has 5 nitrogen and oxygen atoms in total. The SMILES string of the molecule is COc1ccc(C(=O)NCCCCO)cc1N. The van der Waals surface area contributed by atoms with Crippen LogP contribution in [0.3, 0.4) is 0 Å². The van der Waals surface area contributed by atoms with E-state index in [1.54, 1.807) is 18.2 Å². The molecule has 1 rings (SSSR count). The summed E-state index contributed by atoms with van der Waals surface area (Å²) in [6.07, 6.45) is 1.44. The van der Waals surface area contributed by atoms with Crippen molar-refractivity contribution < 1.29 is 14.6 Å². The highest BCUT2D eigenvalue weighted by atomic mass is 16.5. The van der Waals surface area contributed by atoms with E-state index in [0.29, 0.717) is 30.0 Å². The lowest BCUT2D eigenvalue weighted by Gasteiger charge is -2.08. The molecule has 94 valence electrons. The average Bonchev–Trinajstić information content (AvgIpc) is 2.34. The van der Waals surface area contributed by atoms with Gasteiger partial charge < -0.3 is 20.9 Å². The molecule has 0 saturated heterocycles. The molecule has 0 aliphatic rings. The maximum Gasteiger partial charge on any atom is 0.251 e. The third kappa shape index (κ3) is 3.96. The first kappa shape index (κ1) is 13.3. The Labute approximate surface area is 101 Å². The largest absolute Gasteiger partial charge is 0.495 e. The van der Waals surface area contributed by atoms with Crippen LogP contribution in [0.1, 0.15) is 23.2 Å². The summed E-state index contributed by atoms with van der Waals surface area (Å²) in [5.41, 5.74) is 6.66. The quantitative estimate of drug-likeness (QED) is 0.505. The van der Waals surface area contributed by atoms with Gasteiger partial charge in [0.1, 0.15) is 5.75 Å². The smallest absolute Gasteiger partial charge is 0.251 e. The number of ether oxygens (including phenoxy) is 1. The zero-order valence-corrected chi connectivity index (χ0v) is 9.90. The minimum absolute atomic E-state index is 0.144. The molecule has 0 fully saturated rings. The van der Waals surface area contributed by atoms with Crippen LogP contribution in [-0.2, 0) is 0 Å². The van der Waals surface area contributed by atoms with Gasteiger partial charge in [-0.1, -0.05) is 0 Å². The minimum Gasteiger partial charge on any atom is -0.495 e. The van der Waals surface area contributed by atoms with Crippen molar-refractivity contribution in [2.75, 3.05) is 26.0 Å². The molecular formula is C12H18N2O3. The highest BCUT2D eigenvalue weighted by molar-refractivity contribution is 5.95. The fraction of sp³-hybridized carbons (Fsp3) is 0.417. The lowest BCUT2D eigenvalue weighted by atomic mass is 10.1. The van der Waals surface area contributed by atoms with Crippen LogP contribution in [0.25, 0.3) is 0 Å². The molecule has 4 N–H and O–H groups in total. The monoisotopic (exact) mass is 238 g/mol. The van der Waals surface area contributed by atoms with Gasteiger partial charge >= 0.3 is 0 Å². The molecule has 0 aliphatic heterocycles. The number of methoxy groups -OCH3 is 1. The number of carbonyl (C=O) groups excluding carboxylic acids is 1. The van der Waals surface area contributed by atoms with Gasteiger partial charge in [0.05, 0.1) is 12.8 Å². The van der Waals surface area contributed by atoms with Crippen LogP contribution in [0.2, 0.25) is 0 Å². The van der Waals surface area contributed by atoms with Crippen molar-refractivity contribution in [3.05, 3.63) is 23.8 Å². The second kappa shape index (κ2) is 6.75. The molecule has 17 heavy (non-hydrogen) atoms. The number of nitrogens with two attached hydrogens (primary N) is 1. The molecule has 0 spiro atoms. The molecule has 0 unspecified atom stereocenters. The van der Waals surface area contributed by atoms with Gasteiger partial charge in [0.15, 0.2) is 0 Å². The first-order valence-corrected chi connectivity index (χ1v) is 5.51. The van der Waals surface area contributed by atoms with Crippen molar-refractivity contribution in [2.45, 2.75) is 12.8 Å². The van der Waals surface area contributed by atoms with Crippen LogP contribution < -0.4 is 15.8 Å². The van der Waals surface area contributed by atoms with E-state index in [1.807, 2.05) is 0 Å². The summed E-state index contributed by atoms with van der Waals surface area (Å²) in [6, 6.07) is 4.91. The van der Waals surface area contributed by atoms with E-state index in [1.165, 1.54) is 7.11 Å². The van der Waals surface area contributed by atoms with Gasteiger partial charge in [0.2, 0.25) is 0 Å². The highest BCUT2D eigenvalue weighted by Gasteiger charge is 2.07. The van der Waals surface area contributed by atoms with Gasteiger partial charge in [0.25, 0.3) is 5.91 Å².